The van der Waals surface area contributed by atoms with Crippen LogP contribution in [-0.4, -0.2) is 18.5 Å². The molecule has 2 atom stereocenters. The number of benzene rings is 1. The van der Waals surface area contributed by atoms with Crippen LogP contribution in [0, 0.1) is 0 Å². The van der Waals surface area contributed by atoms with Gasteiger partial charge < -0.3 is 11.1 Å². The number of nitrogens with two attached hydrogens (primary N) is 1. The maximum atomic E-state index is 5.87. The van der Waals surface area contributed by atoms with Crippen LogP contribution in [0.4, 0.5) is 0 Å². The summed E-state index contributed by atoms with van der Waals surface area (Å²) in [6.45, 7) is 6.31. The van der Waals surface area contributed by atoms with Crippen molar-refractivity contribution in [3.8, 4) is 0 Å². The highest BCUT2D eigenvalue weighted by molar-refractivity contribution is 6.30. The molecule has 1 saturated carbocycles. The number of hydrogen-bond acceptors (Lipinski definition) is 1. The van der Waals surface area contributed by atoms with Gasteiger partial charge in [-0.15, -0.1) is 0 Å². The predicted octanol–water partition coefficient (Wildman–Crippen LogP) is 2.68. The molecule has 2 rings (SSSR count). The summed E-state index contributed by atoms with van der Waals surface area (Å²) in [6.07, 6.45) is 1.09. The van der Waals surface area contributed by atoms with Crippen molar-refractivity contribution in [3.05, 3.63) is 47.0 Å². The number of halogens is 1. The van der Waals surface area contributed by atoms with E-state index < -0.39 is 0 Å². The second-order valence-corrected chi connectivity index (χ2v) is 5.24. The summed E-state index contributed by atoms with van der Waals surface area (Å²) in [5, 5.41) is 4.00. The van der Waals surface area contributed by atoms with Gasteiger partial charge in [-0.25, -0.2) is 4.99 Å². The molecule has 1 aromatic carbocycles. The zero-order chi connectivity index (χ0) is 13.1. The lowest BCUT2D eigenvalue weighted by Crippen LogP contribution is -2.34. The van der Waals surface area contributed by atoms with Crippen molar-refractivity contribution in [1.82, 2.24) is 5.32 Å². The molecule has 0 heterocycles. The van der Waals surface area contributed by atoms with Gasteiger partial charge in [0.25, 0.3) is 0 Å². The standard InChI is InChI=1S/C14H18ClN3/c1-9(2)8-17-14(16)18-13-7-12(13)10-3-5-11(15)6-4-10/h3-6,12-13H,1,7-8H2,2H3,(H3,16,17,18)/t12-,13+/m0/s1. The molecule has 3 N–H and O–H groups in total. The highest BCUT2D eigenvalue weighted by Gasteiger charge is 2.38. The van der Waals surface area contributed by atoms with Crippen LogP contribution in [0.5, 0.6) is 0 Å². The average molecular weight is 264 g/mol. The molecule has 0 bridgehead atoms. The minimum Gasteiger partial charge on any atom is -0.370 e. The van der Waals surface area contributed by atoms with E-state index in [1.165, 1.54) is 5.56 Å². The number of rotatable bonds is 4. The molecular weight excluding hydrogens is 246 g/mol. The summed E-state index contributed by atoms with van der Waals surface area (Å²) in [7, 11) is 0. The van der Waals surface area contributed by atoms with Gasteiger partial charge in [-0.2, -0.15) is 0 Å². The minimum absolute atomic E-state index is 0.389. The van der Waals surface area contributed by atoms with E-state index in [0.717, 1.165) is 17.0 Å². The van der Waals surface area contributed by atoms with Gasteiger partial charge in [0, 0.05) is 17.0 Å². The molecule has 96 valence electrons. The van der Waals surface area contributed by atoms with Gasteiger partial charge in [0.15, 0.2) is 5.96 Å². The average Bonchev–Trinajstić information content (AvgIpc) is 3.07. The van der Waals surface area contributed by atoms with Crippen molar-refractivity contribution < 1.29 is 0 Å². The first-order valence-electron chi connectivity index (χ1n) is 6.02. The van der Waals surface area contributed by atoms with Gasteiger partial charge in [-0.05, 0) is 31.0 Å². The topological polar surface area (TPSA) is 50.4 Å². The minimum atomic E-state index is 0.389. The summed E-state index contributed by atoms with van der Waals surface area (Å²) in [4.78, 5) is 4.21. The second-order valence-electron chi connectivity index (χ2n) is 4.80. The molecule has 0 saturated heterocycles. The van der Waals surface area contributed by atoms with E-state index in [0.29, 0.717) is 24.5 Å². The fourth-order valence-corrected chi connectivity index (χ4v) is 2.01. The Bertz CT molecular complexity index is 464. The third kappa shape index (κ3) is 3.50. The smallest absolute Gasteiger partial charge is 0.189 e. The molecule has 0 spiro atoms. The Balaban J connectivity index is 1.86. The Kier molecular flexibility index (Phi) is 3.92. The van der Waals surface area contributed by atoms with E-state index in [1.54, 1.807) is 0 Å². The fourth-order valence-electron chi connectivity index (χ4n) is 1.89. The number of hydrogen-bond donors (Lipinski definition) is 2. The summed E-state index contributed by atoms with van der Waals surface area (Å²) in [5.74, 6) is 1.01. The first-order chi connectivity index (χ1) is 8.56. The van der Waals surface area contributed by atoms with Crippen molar-refractivity contribution in [1.29, 1.82) is 0 Å². The molecule has 1 aliphatic rings. The molecule has 1 aromatic rings. The van der Waals surface area contributed by atoms with Gasteiger partial charge in [0.05, 0.1) is 6.54 Å². The van der Waals surface area contributed by atoms with Crippen LogP contribution in [0.25, 0.3) is 0 Å². The quantitative estimate of drug-likeness (QED) is 0.499. The summed E-state index contributed by atoms with van der Waals surface area (Å²) < 4.78 is 0. The normalized spacial score (nSPS) is 22.7. The number of nitrogens with one attached hydrogen (secondary N) is 1. The Morgan fingerprint density at radius 3 is 2.78 bits per heavy atom. The van der Waals surface area contributed by atoms with Crippen LogP contribution in [0.2, 0.25) is 5.02 Å². The van der Waals surface area contributed by atoms with Gasteiger partial charge in [-0.3, -0.25) is 0 Å². The Hall–Kier alpha value is -1.48. The Labute approximate surface area is 113 Å². The lowest BCUT2D eigenvalue weighted by molar-refractivity contribution is 0.852. The zero-order valence-corrected chi connectivity index (χ0v) is 11.2. The van der Waals surface area contributed by atoms with Crippen molar-refractivity contribution in [3.63, 3.8) is 0 Å². The molecule has 0 amide bonds. The molecule has 0 unspecified atom stereocenters. The lowest BCUT2D eigenvalue weighted by atomic mass is 10.1. The van der Waals surface area contributed by atoms with E-state index in [-0.39, 0.29) is 0 Å². The van der Waals surface area contributed by atoms with Gasteiger partial charge in [0.2, 0.25) is 0 Å². The monoisotopic (exact) mass is 263 g/mol. The molecule has 3 nitrogen and oxygen atoms in total. The molecule has 1 aliphatic carbocycles. The SMILES string of the molecule is C=C(C)CN=C(N)N[C@@H]1C[C@H]1c1ccc(Cl)cc1. The third-order valence-electron chi connectivity index (χ3n) is 2.94. The van der Waals surface area contributed by atoms with Crippen LogP contribution in [-0.2, 0) is 0 Å². The van der Waals surface area contributed by atoms with Crippen LogP contribution in [0.15, 0.2) is 41.4 Å². The number of nitrogens with zero attached hydrogens (tertiary/aromatic N) is 1. The third-order valence-corrected chi connectivity index (χ3v) is 3.19. The van der Waals surface area contributed by atoms with Crippen LogP contribution < -0.4 is 11.1 Å². The first-order valence-corrected chi connectivity index (χ1v) is 6.40. The van der Waals surface area contributed by atoms with E-state index in [2.05, 4.69) is 29.0 Å². The van der Waals surface area contributed by atoms with Crippen molar-refractivity contribution in [2.45, 2.75) is 25.3 Å². The Morgan fingerprint density at radius 1 is 1.50 bits per heavy atom. The summed E-state index contributed by atoms with van der Waals surface area (Å²) in [5.41, 5.74) is 8.10. The Morgan fingerprint density at radius 2 is 2.17 bits per heavy atom. The number of guanidine groups is 1. The van der Waals surface area contributed by atoms with Gasteiger partial charge in [-0.1, -0.05) is 35.9 Å². The fraction of sp³-hybridized carbons (Fsp3) is 0.357. The second kappa shape index (κ2) is 5.44. The molecular formula is C14H18ClN3. The van der Waals surface area contributed by atoms with Crippen molar-refractivity contribution in [2.75, 3.05) is 6.54 Å². The maximum Gasteiger partial charge on any atom is 0.189 e. The maximum absolute atomic E-state index is 5.87. The van der Waals surface area contributed by atoms with Gasteiger partial charge >= 0.3 is 0 Å². The van der Waals surface area contributed by atoms with Crippen molar-refractivity contribution >= 4 is 17.6 Å². The van der Waals surface area contributed by atoms with Crippen LogP contribution in [0.1, 0.15) is 24.8 Å². The molecule has 18 heavy (non-hydrogen) atoms. The van der Waals surface area contributed by atoms with E-state index in [9.17, 15) is 0 Å². The molecule has 0 aromatic heterocycles. The lowest BCUT2D eigenvalue weighted by Gasteiger charge is -2.05. The van der Waals surface area contributed by atoms with E-state index in [1.807, 2.05) is 19.1 Å². The van der Waals surface area contributed by atoms with Gasteiger partial charge in [0.1, 0.15) is 0 Å². The van der Waals surface area contributed by atoms with Crippen molar-refractivity contribution in [2.24, 2.45) is 10.7 Å². The van der Waals surface area contributed by atoms with Crippen LogP contribution >= 0.6 is 11.6 Å². The van der Waals surface area contributed by atoms with E-state index >= 15 is 0 Å². The molecule has 0 aliphatic heterocycles. The molecule has 1 fully saturated rings. The first kappa shape index (κ1) is 13.0. The molecule has 4 heteroatoms. The predicted molar refractivity (Wildman–Crippen MR) is 77.0 cm³/mol. The number of aliphatic imine (C=N–C) groups is 1. The highest BCUT2D eigenvalue weighted by atomic mass is 35.5. The zero-order valence-electron chi connectivity index (χ0n) is 10.5. The summed E-state index contributed by atoms with van der Waals surface area (Å²) in [6, 6.07) is 8.36. The van der Waals surface area contributed by atoms with E-state index in [4.69, 9.17) is 17.3 Å². The summed E-state index contributed by atoms with van der Waals surface area (Å²) >= 11 is 5.87. The van der Waals surface area contributed by atoms with Crippen LogP contribution in [0.3, 0.4) is 0 Å². The molecule has 0 radical (unpaired) electrons. The highest BCUT2D eigenvalue weighted by Crippen LogP contribution is 2.40. The largest absolute Gasteiger partial charge is 0.370 e.